The molecule has 10 heteroatoms. The van der Waals surface area contributed by atoms with Crippen LogP contribution in [0.3, 0.4) is 0 Å². The minimum Gasteiger partial charge on any atom is -0.477 e. The summed E-state index contributed by atoms with van der Waals surface area (Å²) >= 11 is 1.61. The summed E-state index contributed by atoms with van der Waals surface area (Å²) in [5, 5.41) is 23.8. The number of nitrogens with one attached hydrogen (secondary N) is 1. The van der Waals surface area contributed by atoms with Gasteiger partial charge in [0.2, 0.25) is 5.91 Å². The van der Waals surface area contributed by atoms with Gasteiger partial charge in [-0.25, -0.2) is 4.79 Å². The van der Waals surface area contributed by atoms with Crippen LogP contribution >= 0.6 is 11.8 Å². The molecule has 7 N–H and O–H groups in total. The molecule has 2 aliphatic heterocycles. The van der Waals surface area contributed by atoms with Crippen LogP contribution in [0, 0.1) is 11.8 Å². The third kappa shape index (κ3) is 4.17. The number of carboxylic acids is 1. The largest absolute Gasteiger partial charge is 0.477 e. The van der Waals surface area contributed by atoms with E-state index >= 15 is 0 Å². The number of β-lactam (4-membered cyclic amide) rings is 1. The highest BCUT2D eigenvalue weighted by Gasteiger charge is 2.60. The Morgan fingerprint density at radius 3 is 2.42 bits per heavy atom. The van der Waals surface area contributed by atoms with Gasteiger partial charge in [0, 0.05) is 28.2 Å². The Morgan fingerprint density at radius 1 is 1.23 bits per heavy atom. The van der Waals surface area contributed by atoms with E-state index in [-0.39, 0.29) is 35.6 Å². The first kappa shape index (κ1) is 22.4. The number of carbonyl (C=O) groups excluding carboxylic acids is 1. The number of guanidine groups is 1. The lowest BCUT2D eigenvalue weighted by Gasteiger charge is -2.46. The molecule has 31 heavy (non-hydrogen) atoms. The van der Waals surface area contributed by atoms with Crippen LogP contribution < -0.4 is 16.8 Å². The maximum atomic E-state index is 12.4. The Morgan fingerprint density at radius 2 is 1.87 bits per heavy atom. The Labute approximate surface area is 186 Å². The van der Waals surface area contributed by atoms with E-state index in [2.05, 4.69) is 10.3 Å². The molecule has 9 nitrogen and oxygen atoms in total. The van der Waals surface area contributed by atoms with Gasteiger partial charge in [-0.1, -0.05) is 6.92 Å². The number of rotatable bonds is 7. The summed E-state index contributed by atoms with van der Waals surface area (Å²) < 4.78 is 0. The van der Waals surface area contributed by atoms with Gasteiger partial charge >= 0.3 is 5.97 Å². The molecule has 0 radical (unpaired) electrons. The molecule has 1 amide bonds. The summed E-state index contributed by atoms with van der Waals surface area (Å²) in [6.45, 7) is 3.58. The van der Waals surface area contributed by atoms with Crippen molar-refractivity contribution in [1.29, 1.82) is 0 Å². The average molecular weight is 452 g/mol. The number of aliphatic hydroxyl groups is 1. The first-order valence-electron chi connectivity index (χ1n) is 11.2. The van der Waals surface area contributed by atoms with Crippen LogP contribution in [0.15, 0.2) is 15.6 Å². The highest BCUT2D eigenvalue weighted by Crippen LogP contribution is 2.53. The molecule has 2 aliphatic carbocycles. The molecule has 0 aromatic heterocycles. The van der Waals surface area contributed by atoms with Gasteiger partial charge in [0.25, 0.3) is 0 Å². The number of amides is 1. The first-order valence-corrected chi connectivity index (χ1v) is 12.0. The Bertz CT molecular complexity index is 798. The summed E-state index contributed by atoms with van der Waals surface area (Å²) in [6.07, 6.45) is 5.29. The summed E-state index contributed by atoms with van der Waals surface area (Å²) in [7, 11) is 0. The van der Waals surface area contributed by atoms with Gasteiger partial charge in [-0.05, 0) is 45.4 Å². The Kier molecular flexibility index (Phi) is 6.24. The van der Waals surface area contributed by atoms with Crippen molar-refractivity contribution in [2.45, 2.75) is 87.9 Å². The summed E-state index contributed by atoms with van der Waals surface area (Å²) in [4.78, 5) is 30.8. The van der Waals surface area contributed by atoms with Crippen LogP contribution in [-0.2, 0) is 9.59 Å². The quantitative estimate of drug-likeness (QED) is 0.214. The molecular weight excluding hydrogens is 418 g/mol. The molecule has 172 valence electrons. The maximum absolute atomic E-state index is 12.4. The SMILES string of the molecule is C[C@@H](O)[C@H]1C(=O)N2C(C(=O)O)=C(SC3CC(NC4CCC(N=C(N)N)CC4)C3)[C@H](C)[C@H]12. The normalized spacial score (nSPS) is 38.2. The van der Waals surface area contributed by atoms with E-state index in [4.69, 9.17) is 11.5 Å². The predicted molar refractivity (Wildman–Crippen MR) is 119 cm³/mol. The molecule has 4 aliphatic rings. The van der Waals surface area contributed by atoms with E-state index in [0.29, 0.717) is 17.3 Å². The first-order chi connectivity index (χ1) is 14.7. The zero-order valence-corrected chi connectivity index (χ0v) is 18.8. The minimum atomic E-state index is -1.05. The molecule has 4 rings (SSSR count). The molecule has 0 aromatic carbocycles. The van der Waals surface area contributed by atoms with Crippen LogP contribution in [0.5, 0.6) is 0 Å². The number of aliphatic carboxylic acids is 1. The van der Waals surface area contributed by atoms with Gasteiger partial charge in [-0.15, -0.1) is 11.8 Å². The van der Waals surface area contributed by atoms with Gasteiger partial charge < -0.3 is 31.9 Å². The van der Waals surface area contributed by atoms with E-state index in [1.165, 1.54) is 4.90 Å². The van der Waals surface area contributed by atoms with E-state index in [1.807, 2.05) is 6.92 Å². The fourth-order valence-corrected chi connectivity index (χ4v) is 7.24. The van der Waals surface area contributed by atoms with Crippen molar-refractivity contribution in [2.24, 2.45) is 28.3 Å². The monoisotopic (exact) mass is 451 g/mol. The number of nitrogens with two attached hydrogens (primary N) is 2. The minimum absolute atomic E-state index is 0.0637. The van der Waals surface area contributed by atoms with Crippen molar-refractivity contribution in [1.82, 2.24) is 10.2 Å². The van der Waals surface area contributed by atoms with E-state index in [9.17, 15) is 19.8 Å². The van der Waals surface area contributed by atoms with E-state index < -0.39 is 18.0 Å². The highest BCUT2D eigenvalue weighted by molar-refractivity contribution is 8.03. The maximum Gasteiger partial charge on any atom is 0.353 e. The second kappa shape index (κ2) is 8.63. The summed E-state index contributed by atoms with van der Waals surface area (Å²) in [6, 6.07) is 0.913. The zero-order valence-electron chi connectivity index (χ0n) is 18.0. The standard InChI is InChI=1S/C21H33N5O4S/c1-9-16-15(10(2)27)19(28)26(16)17(20(29)30)18(9)31-14-7-13(8-14)24-11-3-5-12(6-4-11)25-21(22)23/h9-16,24,27H,3-8H2,1-2H3,(H,29,30)(H4,22,23,25)/t9-,10-,11?,12?,13?,14?,15-,16-/m1/s1. The van der Waals surface area contributed by atoms with E-state index in [0.717, 1.165) is 43.4 Å². The summed E-state index contributed by atoms with van der Waals surface area (Å²) in [5.74, 6) is -1.73. The number of aliphatic imine (C=N–C) groups is 1. The van der Waals surface area contributed by atoms with Gasteiger partial charge in [-0.3, -0.25) is 9.79 Å². The fourth-order valence-electron chi connectivity index (χ4n) is 5.57. The third-order valence-corrected chi connectivity index (χ3v) is 8.74. The fraction of sp³-hybridized carbons (Fsp3) is 0.762. The van der Waals surface area contributed by atoms with Crippen molar-refractivity contribution < 1.29 is 19.8 Å². The molecule has 2 saturated carbocycles. The number of fused-ring (bicyclic) bond motifs is 1. The van der Waals surface area contributed by atoms with Gasteiger partial charge in [0.1, 0.15) is 5.70 Å². The molecule has 1 saturated heterocycles. The lowest BCUT2D eigenvalue weighted by molar-refractivity contribution is -0.163. The molecule has 2 heterocycles. The van der Waals surface area contributed by atoms with Crippen LogP contribution in [0.4, 0.5) is 0 Å². The lowest BCUT2D eigenvalue weighted by atomic mass is 9.79. The molecule has 0 unspecified atom stereocenters. The molecular formula is C21H33N5O4S. The summed E-state index contributed by atoms with van der Waals surface area (Å²) in [5.41, 5.74) is 11.1. The average Bonchev–Trinajstić information content (AvgIpc) is 2.89. The highest BCUT2D eigenvalue weighted by atomic mass is 32.2. The van der Waals surface area contributed by atoms with E-state index in [1.54, 1.807) is 18.7 Å². The van der Waals surface area contributed by atoms with Crippen LogP contribution in [0.1, 0.15) is 52.4 Å². The number of nitrogens with zero attached hydrogens (tertiary/aromatic N) is 2. The van der Waals surface area contributed by atoms with Crippen molar-refractivity contribution in [2.75, 3.05) is 0 Å². The van der Waals surface area contributed by atoms with Crippen LogP contribution in [-0.4, -0.2) is 68.5 Å². The number of aliphatic hydroxyl groups excluding tert-OH is 1. The topological polar surface area (TPSA) is 154 Å². The Hall–Kier alpha value is -1.78. The second-order valence-corrected chi connectivity index (χ2v) is 10.7. The number of thioether (sulfide) groups is 1. The zero-order chi connectivity index (χ0) is 22.4. The number of hydrogen-bond donors (Lipinski definition) is 5. The molecule has 0 aromatic rings. The third-order valence-electron chi connectivity index (χ3n) is 7.20. The van der Waals surface area contributed by atoms with Crippen molar-refractivity contribution >= 4 is 29.6 Å². The van der Waals surface area contributed by atoms with Crippen molar-refractivity contribution in [3.05, 3.63) is 10.6 Å². The second-order valence-electron chi connectivity index (χ2n) is 9.41. The van der Waals surface area contributed by atoms with Crippen molar-refractivity contribution in [3.63, 3.8) is 0 Å². The van der Waals surface area contributed by atoms with Crippen LogP contribution in [0.2, 0.25) is 0 Å². The molecule has 3 fully saturated rings. The molecule has 4 atom stereocenters. The number of hydrogen-bond acceptors (Lipinski definition) is 6. The van der Waals surface area contributed by atoms with Gasteiger partial charge in [0.15, 0.2) is 5.96 Å². The number of carboxylic acid groups (broad SMARTS) is 1. The predicted octanol–water partition coefficient (Wildman–Crippen LogP) is 0.579. The smallest absolute Gasteiger partial charge is 0.353 e. The molecule has 0 bridgehead atoms. The number of carbonyl (C=O) groups is 2. The van der Waals surface area contributed by atoms with Crippen LogP contribution in [0.25, 0.3) is 0 Å². The molecule has 0 spiro atoms. The lowest BCUT2D eigenvalue weighted by Crippen LogP contribution is -2.63. The van der Waals surface area contributed by atoms with Gasteiger partial charge in [-0.2, -0.15) is 0 Å². The Balaban J connectivity index is 1.30. The van der Waals surface area contributed by atoms with Crippen molar-refractivity contribution in [3.8, 4) is 0 Å². The van der Waals surface area contributed by atoms with Gasteiger partial charge in [0.05, 0.1) is 24.1 Å².